The third-order valence-electron chi connectivity index (χ3n) is 3.51. The maximum atomic E-state index is 5.37. The monoisotopic (exact) mass is 294 g/mol. The second kappa shape index (κ2) is 7.97. The lowest BCUT2D eigenvalue weighted by atomic mass is 10.1. The lowest BCUT2D eigenvalue weighted by Crippen LogP contribution is -2.37. The number of nitrogens with zero attached hydrogens (tertiary/aromatic N) is 4. The van der Waals surface area contributed by atoms with E-state index >= 15 is 0 Å². The van der Waals surface area contributed by atoms with Gasteiger partial charge in [0.25, 0.3) is 0 Å². The predicted molar refractivity (Wildman–Crippen MR) is 85.0 cm³/mol. The Morgan fingerprint density at radius 1 is 1.19 bits per heavy atom. The maximum absolute atomic E-state index is 5.37. The van der Waals surface area contributed by atoms with Crippen LogP contribution in [0.3, 0.4) is 0 Å². The molecule has 1 saturated heterocycles. The van der Waals surface area contributed by atoms with Crippen LogP contribution in [0.2, 0.25) is 0 Å². The fraction of sp³-hybridized carbons (Fsp3) is 0.786. The molecule has 1 aromatic rings. The lowest BCUT2D eigenvalue weighted by Gasteiger charge is -2.27. The molecule has 0 spiro atoms. The molecule has 1 aromatic heterocycles. The number of anilines is 3. The molecule has 0 saturated carbocycles. The zero-order valence-corrected chi connectivity index (χ0v) is 13.2. The molecule has 0 aliphatic carbocycles. The normalized spacial score (nSPS) is 16.6. The molecule has 1 aliphatic heterocycles. The van der Waals surface area contributed by atoms with Crippen LogP contribution in [-0.4, -0.2) is 54.3 Å². The maximum Gasteiger partial charge on any atom is 0.232 e. The van der Waals surface area contributed by atoms with Gasteiger partial charge in [-0.2, -0.15) is 15.0 Å². The summed E-state index contributed by atoms with van der Waals surface area (Å²) in [4.78, 5) is 15.5. The Hall–Kier alpha value is -1.63. The summed E-state index contributed by atoms with van der Waals surface area (Å²) in [7, 11) is 1.82. The van der Waals surface area contributed by atoms with Crippen LogP contribution in [-0.2, 0) is 4.74 Å². The Morgan fingerprint density at radius 2 is 1.90 bits per heavy atom. The van der Waals surface area contributed by atoms with Crippen molar-refractivity contribution in [3.63, 3.8) is 0 Å². The van der Waals surface area contributed by atoms with Crippen LogP contribution < -0.4 is 15.5 Å². The van der Waals surface area contributed by atoms with Crippen molar-refractivity contribution >= 4 is 17.8 Å². The van der Waals surface area contributed by atoms with E-state index in [1.165, 1.54) is 12.8 Å². The third-order valence-corrected chi connectivity index (χ3v) is 3.51. The summed E-state index contributed by atoms with van der Waals surface area (Å²) in [6.07, 6.45) is 3.52. The first-order chi connectivity index (χ1) is 10.2. The number of hydrogen-bond donors (Lipinski definition) is 2. The van der Waals surface area contributed by atoms with E-state index in [4.69, 9.17) is 4.74 Å². The highest BCUT2D eigenvalue weighted by atomic mass is 16.5. The highest BCUT2D eigenvalue weighted by Crippen LogP contribution is 2.16. The van der Waals surface area contributed by atoms with Crippen molar-refractivity contribution in [3.05, 3.63) is 0 Å². The van der Waals surface area contributed by atoms with Crippen molar-refractivity contribution < 1.29 is 4.74 Å². The van der Waals surface area contributed by atoms with Gasteiger partial charge in [0.15, 0.2) is 0 Å². The van der Waals surface area contributed by atoms with Gasteiger partial charge in [-0.1, -0.05) is 19.8 Å². The number of hydrogen-bond acceptors (Lipinski definition) is 7. The first-order valence-corrected chi connectivity index (χ1v) is 7.76. The molecule has 0 aromatic carbocycles. The fourth-order valence-electron chi connectivity index (χ4n) is 2.25. The van der Waals surface area contributed by atoms with Gasteiger partial charge in [-0.05, 0) is 13.3 Å². The average molecular weight is 294 g/mol. The van der Waals surface area contributed by atoms with Gasteiger partial charge in [0.05, 0.1) is 13.2 Å². The minimum absolute atomic E-state index is 0.356. The Kier molecular flexibility index (Phi) is 5.98. The topological polar surface area (TPSA) is 75.2 Å². The van der Waals surface area contributed by atoms with Crippen molar-refractivity contribution in [2.45, 2.75) is 39.2 Å². The standard InChI is InChI=1S/C14H26N6O/c1-4-5-6-11(2)16-13-17-12(15-3)18-14(19-13)20-7-9-21-10-8-20/h11H,4-10H2,1-3H3,(H2,15,16,17,18,19). The lowest BCUT2D eigenvalue weighted by molar-refractivity contribution is 0.122. The van der Waals surface area contributed by atoms with Crippen LogP contribution in [0, 0.1) is 0 Å². The summed E-state index contributed by atoms with van der Waals surface area (Å²) in [5.41, 5.74) is 0. The Bertz CT molecular complexity index is 435. The third kappa shape index (κ3) is 4.70. The van der Waals surface area contributed by atoms with Gasteiger partial charge in [-0.3, -0.25) is 0 Å². The second-order valence-corrected chi connectivity index (χ2v) is 5.32. The van der Waals surface area contributed by atoms with E-state index in [1.54, 1.807) is 0 Å². The first kappa shape index (κ1) is 15.8. The number of ether oxygens (including phenoxy) is 1. The van der Waals surface area contributed by atoms with Gasteiger partial charge in [-0.25, -0.2) is 0 Å². The van der Waals surface area contributed by atoms with Crippen LogP contribution >= 0.6 is 0 Å². The molecule has 7 heteroatoms. The summed E-state index contributed by atoms with van der Waals surface area (Å²) in [5, 5.41) is 6.37. The molecule has 21 heavy (non-hydrogen) atoms. The molecule has 1 atom stereocenters. The molecule has 1 aliphatic rings. The van der Waals surface area contributed by atoms with Gasteiger partial charge in [0.2, 0.25) is 17.8 Å². The van der Waals surface area contributed by atoms with Gasteiger partial charge in [0.1, 0.15) is 0 Å². The molecule has 7 nitrogen and oxygen atoms in total. The largest absolute Gasteiger partial charge is 0.378 e. The zero-order valence-electron chi connectivity index (χ0n) is 13.2. The van der Waals surface area contributed by atoms with Crippen molar-refractivity contribution in [3.8, 4) is 0 Å². The molecule has 0 radical (unpaired) electrons. The first-order valence-electron chi connectivity index (χ1n) is 7.76. The number of unbranched alkanes of at least 4 members (excludes halogenated alkanes) is 1. The summed E-state index contributed by atoms with van der Waals surface area (Å²) >= 11 is 0. The van der Waals surface area contributed by atoms with E-state index in [9.17, 15) is 0 Å². The highest BCUT2D eigenvalue weighted by Gasteiger charge is 2.16. The van der Waals surface area contributed by atoms with E-state index in [0.29, 0.717) is 23.9 Å². The predicted octanol–water partition coefficient (Wildman–Crippen LogP) is 1.74. The van der Waals surface area contributed by atoms with Gasteiger partial charge in [0, 0.05) is 26.2 Å². The minimum Gasteiger partial charge on any atom is -0.378 e. The smallest absolute Gasteiger partial charge is 0.232 e. The van der Waals surface area contributed by atoms with Crippen LogP contribution in [0.25, 0.3) is 0 Å². The van der Waals surface area contributed by atoms with E-state index < -0.39 is 0 Å². The fourth-order valence-corrected chi connectivity index (χ4v) is 2.25. The molecule has 2 rings (SSSR count). The van der Waals surface area contributed by atoms with E-state index in [1.807, 2.05) is 7.05 Å². The minimum atomic E-state index is 0.356. The Labute approximate surface area is 126 Å². The summed E-state index contributed by atoms with van der Waals surface area (Å²) in [6.45, 7) is 7.43. The van der Waals surface area contributed by atoms with Crippen LogP contribution in [0.15, 0.2) is 0 Å². The quantitative estimate of drug-likeness (QED) is 0.793. The SMILES string of the molecule is CCCCC(C)Nc1nc(NC)nc(N2CCOCC2)n1. The Morgan fingerprint density at radius 3 is 2.57 bits per heavy atom. The summed E-state index contributed by atoms with van der Waals surface area (Å²) in [5.74, 6) is 1.94. The van der Waals surface area contributed by atoms with Crippen molar-refractivity contribution in [2.24, 2.45) is 0 Å². The summed E-state index contributed by atoms with van der Waals surface area (Å²) in [6, 6.07) is 0.356. The van der Waals surface area contributed by atoms with Gasteiger partial charge >= 0.3 is 0 Å². The number of aromatic nitrogens is 3. The number of rotatable bonds is 7. The molecular weight excluding hydrogens is 268 g/mol. The molecule has 1 unspecified atom stereocenters. The van der Waals surface area contributed by atoms with Crippen molar-refractivity contribution in [1.29, 1.82) is 0 Å². The van der Waals surface area contributed by atoms with Gasteiger partial charge in [-0.15, -0.1) is 0 Å². The molecule has 2 N–H and O–H groups in total. The number of morpholine rings is 1. The molecule has 1 fully saturated rings. The highest BCUT2D eigenvalue weighted by molar-refractivity contribution is 5.44. The van der Waals surface area contributed by atoms with Crippen LogP contribution in [0.5, 0.6) is 0 Å². The van der Waals surface area contributed by atoms with Crippen molar-refractivity contribution in [2.75, 3.05) is 48.9 Å². The second-order valence-electron chi connectivity index (χ2n) is 5.32. The van der Waals surface area contributed by atoms with E-state index in [0.717, 1.165) is 32.7 Å². The molecule has 0 amide bonds. The molecule has 2 heterocycles. The Balaban J connectivity index is 2.09. The molecular formula is C14H26N6O. The van der Waals surface area contributed by atoms with Gasteiger partial charge < -0.3 is 20.3 Å². The van der Waals surface area contributed by atoms with Crippen LogP contribution in [0.1, 0.15) is 33.1 Å². The van der Waals surface area contributed by atoms with Crippen LogP contribution in [0.4, 0.5) is 17.8 Å². The summed E-state index contributed by atoms with van der Waals surface area (Å²) < 4.78 is 5.37. The molecule has 0 bridgehead atoms. The van der Waals surface area contributed by atoms with Crippen molar-refractivity contribution in [1.82, 2.24) is 15.0 Å². The van der Waals surface area contributed by atoms with E-state index in [2.05, 4.69) is 44.3 Å². The average Bonchev–Trinajstić information content (AvgIpc) is 2.53. The zero-order chi connectivity index (χ0) is 15.1. The molecule has 118 valence electrons. The number of nitrogens with one attached hydrogen (secondary N) is 2. The van der Waals surface area contributed by atoms with E-state index in [-0.39, 0.29) is 0 Å².